The van der Waals surface area contributed by atoms with Crippen molar-refractivity contribution < 1.29 is 9.53 Å². The van der Waals surface area contributed by atoms with Crippen molar-refractivity contribution in [2.75, 3.05) is 26.8 Å². The Hall–Kier alpha value is -1.35. The number of benzene rings is 1. The van der Waals surface area contributed by atoms with Gasteiger partial charge in [-0.3, -0.25) is 4.79 Å². The first-order valence-electron chi connectivity index (χ1n) is 8.04. The van der Waals surface area contributed by atoms with Gasteiger partial charge < -0.3 is 9.64 Å². The van der Waals surface area contributed by atoms with Crippen molar-refractivity contribution in [3.05, 3.63) is 35.9 Å². The fourth-order valence-corrected chi connectivity index (χ4v) is 3.82. The number of nitrogens with zero attached hydrogens (tertiary/aromatic N) is 1. The van der Waals surface area contributed by atoms with E-state index in [4.69, 9.17) is 4.74 Å². The summed E-state index contributed by atoms with van der Waals surface area (Å²) in [6, 6.07) is 10.3. The molecule has 0 spiro atoms. The quantitative estimate of drug-likeness (QED) is 0.804. The number of hydrogen-bond donors (Lipinski definition) is 0. The lowest BCUT2D eigenvalue weighted by atomic mass is 9.63. The lowest BCUT2D eigenvalue weighted by molar-refractivity contribution is -0.145. The zero-order chi connectivity index (χ0) is 15.3. The molecule has 1 unspecified atom stereocenters. The van der Waals surface area contributed by atoms with Crippen LogP contribution in [0.25, 0.3) is 0 Å². The molecule has 1 aliphatic rings. The van der Waals surface area contributed by atoms with Gasteiger partial charge in [-0.25, -0.2) is 0 Å². The second kappa shape index (κ2) is 7.08. The molecule has 116 valence electrons. The third-order valence-corrected chi connectivity index (χ3v) is 5.02. The van der Waals surface area contributed by atoms with E-state index in [9.17, 15) is 4.79 Å². The molecule has 1 amide bonds. The summed E-state index contributed by atoms with van der Waals surface area (Å²) in [5.41, 5.74) is 0.814. The van der Waals surface area contributed by atoms with Gasteiger partial charge in [0.25, 0.3) is 0 Å². The van der Waals surface area contributed by atoms with Crippen LogP contribution in [-0.4, -0.2) is 37.6 Å². The molecule has 21 heavy (non-hydrogen) atoms. The Labute approximate surface area is 128 Å². The zero-order valence-corrected chi connectivity index (χ0v) is 13.5. The third-order valence-electron chi connectivity index (χ3n) is 5.02. The maximum absolute atomic E-state index is 13.2. The number of likely N-dealkylation sites (tertiary alicyclic amines) is 1. The molecule has 0 aromatic heterocycles. The van der Waals surface area contributed by atoms with Gasteiger partial charge in [0.1, 0.15) is 0 Å². The van der Waals surface area contributed by atoms with E-state index in [1.807, 2.05) is 23.1 Å². The molecule has 1 aromatic carbocycles. The number of piperidine rings is 1. The van der Waals surface area contributed by atoms with Gasteiger partial charge in [0.15, 0.2) is 0 Å². The molecule has 1 aliphatic heterocycles. The van der Waals surface area contributed by atoms with Crippen LogP contribution in [0.2, 0.25) is 0 Å². The minimum atomic E-state index is -0.359. The Morgan fingerprint density at radius 2 is 2.00 bits per heavy atom. The van der Waals surface area contributed by atoms with Crippen LogP contribution >= 0.6 is 0 Å². The number of carbonyl (C=O) groups is 1. The first-order valence-corrected chi connectivity index (χ1v) is 8.04. The van der Waals surface area contributed by atoms with E-state index in [2.05, 4.69) is 26.0 Å². The average molecular weight is 289 g/mol. The Balaban J connectivity index is 2.39. The number of methoxy groups -OCH3 is 1. The molecule has 0 aliphatic carbocycles. The summed E-state index contributed by atoms with van der Waals surface area (Å²) >= 11 is 0. The van der Waals surface area contributed by atoms with Crippen LogP contribution in [0.4, 0.5) is 0 Å². The van der Waals surface area contributed by atoms with Crippen LogP contribution in [0, 0.1) is 5.92 Å². The molecular weight excluding hydrogens is 262 g/mol. The van der Waals surface area contributed by atoms with Crippen LogP contribution in [-0.2, 0) is 14.9 Å². The van der Waals surface area contributed by atoms with E-state index in [0.717, 1.165) is 25.8 Å². The molecule has 1 saturated heterocycles. The molecule has 1 heterocycles. The normalized spacial score (nSPS) is 26.1. The van der Waals surface area contributed by atoms with E-state index in [0.29, 0.717) is 19.1 Å². The summed E-state index contributed by atoms with van der Waals surface area (Å²) in [4.78, 5) is 15.2. The topological polar surface area (TPSA) is 29.5 Å². The maximum atomic E-state index is 13.2. The summed E-state index contributed by atoms with van der Waals surface area (Å²) in [7, 11) is 1.69. The minimum absolute atomic E-state index is 0.284. The van der Waals surface area contributed by atoms with Gasteiger partial charge in [0.2, 0.25) is 5.91 Å². The molecule has 2 atom stereocenters. The number of rotatable bonds is 6. The molecule has 0 N–H and O–H groups in total. The zero-order valence-electron chi connectivity index (χ0n) is 13.5. The predicted octanol–water partition coefficient (Wildman–Crippen LogP) is 3.24. The van der Waals surface area contributed by atoms with Crippen molar-refractivity contribution in [2.45, 2.75) is 38.5 Å². The van der Waals surface area contributed by atoms with Gasteiger partial charge in [-0.2, -0.15) is 0 Å². The molecular formula is C18H27NO2. The summed E-state index contributed by atoms with van der Waals surface area (Å²) in [6.45, 7) is 6.51. The van der Waals surface area contributed by atoms with Crippen molar-refractivity contribution >= 4 is 5.91 Å². The molecule has 3 nitrogen and oxygen atoms in total. The second-order valence-corrected chi connectivity index (χ2v) is 5.87. The fourth-order valence-electron chi connectivity index (χ4n) is 3.82. The van der Waals surface area contributed by atoms with Gasteiger partial charge in [-0.1, -0.05) is 50.6 Å². The molecule has 1 fully saturated rings. The lowest BCUT2D eigenvalue weighted by Crippen LogP contribution is -2.56. The Kier molecular flexibility index (Phi) is 5.40. The van der Waals surface area contributed by atoms with Crippen molar-refractivity contribution in [1.29, 1.82) is 0 Å². The van der Waals surface area contributed by atoms with Gasteiger partial charge in [0, 0.05) is 20.2 Å². The SMILES string of the molecule is CC[C@@H]1CCN(CCOC)C(=O)C1(CC)c1ccccc1. The standard InChI is InChI=1S/C18H27NO2/c1-4-15-11-12-19(13-14-21-3)17(20)18(15,5-2)16-9-7-6-8-10-16/h6-10,15H,4-5,11-14H2,1-3H3/t15-,18?/m1/s1. The van der Waals surface area contributed by atoms with Crippen LogP contribution in [0.15, 0.2) is 30.3 Å². The van der Waals surface area contributed by atoms with Gasteiger partial charge >= 0.3 is 0 Å². The summed E-state index contributed by atoms with van der Waals surface area (Å²) < 4.78 is 5.16. The van der Waals surface area contributed by atoms with E-state index in [-0.39, 0.29) is 11.3 Å². The number of hydrogen-bond acceptors (Lipinski definition) is 2. The van der Waals surface area contributed by atoms with E-state index >= 15 is 0 Å². The number of amides is 1. The van der Waals surface area contributed by atoms with Crippen molar-refractivity contribution in [3.8, 4) is 0 Å². The Morgan fingerprint density at radius 3 is 2.57 bits per heavy atom. The molecule has 1 aromatic rings. The summed E-state index contributed by atoms with van der Waals surface area (Å²) in [6.07, 6.45) is 2.99. The monoisotopic (exact) mass is 289 g/mol. The van der Waals surface area contributed by atoms with Gasteiger partial charge in [-0.15, -0.1) is 0 Å². The largest absolute Gasteiger partial charge is 0.383 e. The predicted molar refractivity (Wildman–Crippen MR) is 85.3 cm³/mol. The molecule has 2 rings (SSSR count). The van der Waals surface area contributed by atoms with E-state index in [1.165, 1.54) is 5.56 Å². The van der Waals surface area contributed by atoms with Crippen molar-refractivity contribution in [1.82, 2.24) is 4.90 Å². The van der Waals surface area contributed by atoms with Crippen LogP contribution < -0.4 is 0 Å². The smallest absolute Gasteiger partial charge is 0.233 e. The maximum Gasteiger partial charge on any atom is 0.233 e. The lowest BCUT2D eigenvalue weighted by Gasteiger charge is -2.47. The molecule has 3 heteroatoms. The van der Waals surface area contributed by atoms with Crippen LogP contribution in [0.3, 0.4) is 0 Å². The van der Waals surface area contributed by atoms with Gasteiger partial charge in [0.05, 0.1) is 12.0 Å². The Morgan fingerprint density at radius 1 is 1.29 bits per heavy atom. The first kappa shape index (κ1) is 16.0. The van der Waals surface area contributed by atoms with Gasteiger partial charge in [-0.05, 0) is 24.3 Å². The average Bonchev–Trinajstić information content (AvgIpc) is 2.54. The number of ether oxygens (including phenoxy) is 1. The summed E-state index contributed by atoms with van der Waals surface area (Å²) in [5, 5.41) is 0. The van der Waals surface area contributed by atoms with Crippen molar-refractivity contribution in [2.24, 2.45) is 5.92 Å². The second-order valence-electron chi connectivity index (χ2n) is 5.87. The van der Waals surface area contributed by atoms with Crippen LogP contribution in [0.1, 0.15) is 38.7 Å². The highest BCUT2D eigenvalue weighted by molar-refractivity contribution is 5.89. The highest BCUT2D eigenvalue weighted by Crippen LogP contribution is 2.44. The van der Waals surface area contributed by atoms with Crippen LogP contribution in [0.5, 0.6) is 0 Å². The first-order chi connectivity index (χ1) is 10.2. The highest BCUT2D eigenvalue weighted by atomic mass is 16.5. The fraction of sp³-hybridized carbons (Fsp3) is 0.611. The molecule has 0 radical (unpaired) electrons. The minimum Gasteiger partial charge on any atom is -0.383 e. The highest BCUT2D eigenvalue weighted by Gasteiger charge is 2.49. The summed E-state index contributed by atoms with van der Waals surface area (Å²) in [5.74, 6) is 0.711. The van der Waals surface area contributed by atoms with E-state index < -0.39 is 0 Å². The Bertz CT molecular complexity index is 460. The number of carbonyl (C=O) groups excluding carboxylic acids is 1. The third kappa shape index (κ3) is 2.84. The molecule has 0 bridgehead atoms. The molecule has 0 saturated carbocycles. The van der Waals surface area contributed by atoms with E-state index in [1.54, 1.807) is 7.11 Å². The van der Waals surface area contributed by atoms with Crippen molar-refractivity contribution in [3.63, 3.8) is 0 Å².